The standard InChI is InChI=1S/C24H20ClN3OS2.C2H6/c1-16-6-7-18(14-21(16)24-20-5-3-2-4-17(20)10-11-26-24)27-30-23-9-8-19(15-22(23)25)28-12-13-31(28)29;1-2/h2-11,14-15,27H,12-13H2,1H3;1-2H3. The number of anilines is 2. The third-order valence-electron chi connectivity index (χ3n) is 5.36. The van der Waals surface area contributed by atoms with E-state index in [1.807, 2.05) is 60.7 Å². The highest BCUT2D eigenvalue weighted by molar-refractivity contribution is 8.00. The number of hydrogen-bond acceptors (Lipinski definition) is 4. The Balaban J connectivity index is 0.00000126. The second kappa shape index (κ2) is 10.6. The highest BCUT2D eigenvalue weighted by Gasteiger charge is 2.24. The molecule has 33 heavy (non-hydrogen) atoms. The molecule has 3 aromatic carbocycles. The molecule has 5 rings (SSSR count). The van der Waals surface area contributed by atoms with Gasteiger partial charge in [-0.25, -0.2) is 4.21 Å². The fraction of sp³-hybridized carbons (Fsp3) is 0.192. The minimum Gasteiger partial charge on any atom is -0.326 e. The Morgan fingerprint density at radius 3 is 2.61 bits per heavy atom. The van der Waals surface area contributed by atoms with Crippen molar-refractivity contribution in [2.45, 2.75) is 25.7 Å². The van der Waals surface area contributed by atoms with E-state index >= 15 is 0 Å². The molecule has 0 spiro atoms. The molecule has 1 aliphatic rings. The average molecular weight is 496 g/mol. The van der Waals surface area contributed by atoms with Gasteiger partial charge in [0, 0.05) is 34.3 Å². The first-order chi connectivity index (χ1) is 16.1. The molecule has 0 bridgehead atoms. The van der Waals surface area contributed by atoms with Crippen LogP contribution in [0.3, 0.4) is 0 Å². The molecule has 1 N–H and O–H groups in total. The fourth-order valence-corrected chi connectivity index (χ4v) is 5.42. The molecule has 1 fully saturated rings. The zero-order valence-corrected chi connectivity index (χ0v) is 21.2. The van der Waals surface area contributed by atoms with E-state index in [2.05, 4.69) is 47.0 Å². The van der Waals surface area contributed by atoms with Gasteiger partial charge < -0.3 is 4.72 Å². The number of fused-ring (bicyclic) bond motifs is 1. The van der Waals surface area contributed by atoms with E-state index in [-0.39, 0.29) is 0 Å². The zero-order chi connectivity index (χ0) is 23.4. The van der Waals surface area contributed by atoms with Crippen LogP contribution in [0.25, 0.3) is 22.0 Å². The van der Waals surface area contributed by atoms with Gasteiger partial charge in [-0.2, -0.15) is 0 Å². The van der Waals surface area contributed by atoms with Crippen molar-refractivity contribution in [2.24, 2.45) is 0 Å². The number of rotatable bonds is 5. The summed E-state index contributed by atoms with van der Waals surface area (Å²) < 4.78 is 17.0. The van der Waals surface area contributed by atoms with Crippen molar-refractivity contribution in [3.05, 3.63) is 83.5 Å². The van der Waals surface area contributed by atoms with Crippen LogP contribution in [0.15, 0.2) is 77.8 Å². The van der Waals surface area contributed by atoms with Gasteiger partial charge in [0.15, 0.2) is 0 Å². The molecule has 4 nitrogen and oxygen atoms in total. The van der Waals surface area contributed by atoms with Gasteiger partial charge in [0.05, 0.1) is 22.2 Å². The van der Waals surface area contributed by atoms with Crippen molar-refractivity contribution in [3.63, 3.8) is 0 Å². The number of halogens is 1. The predicted molar refractivity (Wildman–Crippen MR) is 145 cm³/mol. The normalized spacial score (nSPS) is 14.9. The summed E-state index contributed by atoms with van der Waals surface area (Å²) in [5, 5.41) is 2.96. The quantitative estimate of drug-likeness (QED) is 0.291. The maximum atomic E-state index is 11.8. The number of nitrogens with one attached hydrogen (secondary N) is 1. The summed E-state index contributed by atoms with van der Waals surface area (Å²) in [7, 11) is -0.916. The van der Waals surface area contributed by atoms with Crippen molar-refractivity contribution >= 4 is 56.7 Å². The number of benzene rings is 3. The van der Waals surface area contributed by atoms with Crippen LogP contribution in [0.5, 0.6) is 0 Å². The average Bonchev–Trinajstić information content (AvgIpc) is 2.84. The first kappa shape index (κ1) is 23.6. The summed E-state index contributed by atoms with van der Waals surface area (Å²) >= 11 is 7.95. The minimum absolute atomic E-state index is 0.641. The Morgan fingerprint density at radius 1 is 1.06 bits per heavy atom. The van der Waals surface area contributed by atoms with Gasteiger partial charge in [-0.15, -0.1) is 0 Å². The van der Waals surface area contributed by atoms with E-state index < -0.39 is 11.0 Å². The molecule has 0 radical (unpaired) electrons. The van der Waals surface area contributed by atoms with Gasteiger partial charge >= 0.3 is 0 Å². The maximum Gasteiger partial charge on any atom is 0.121 e. The predicted octanol–water partition coefficient (Wildman–Crippen LogP) is 7.49. The number of aromatic nitrogens is 1. The van der Waals surface area contributed by atoms with Crippen molar-refractivity contribution in [1.29, 1.82) is 0 Å². The van der Waals surface area contributed by atoms with Crippen molar-refractivity contribution in [2.75, 3.05) is 21.3 Å². The fourth-order valence-electron chi connectivity index (χ4n) is 3.62. The number of aryl methyl sites for hydroxylation is 1. The van der Waals surface area contributed by atoms with Crippen LogP contribution in [0.4, 0.5) is 11.4 Å². The monoisotopic (exact) mass is 495 g/mol. The topological polar surface area (TPSA) is 45.2 Å². The first-order valence-electron chi connectivity index (χ1n) is 10.9. The zero-order valence-electron chi connectivity index (χ0n) is 18.8. The van der Waals surface area contributed by atoms with E-state index in [1.54, 1.807) is 0 Å². The van der Waals surface area contributed by atoms with Gasteiger partial charge in [0.25, 0.3) is 0 Å². The molecule has 1 saturated heterocycles. The highest BCUT2D eigenvalue weighted by atomic mass is 35.5. The largest absolute Gasteiger partial charge is 0.326 e. The first-order valence-corrected chi connectivity index (χ1v) is 13.4. The number of hydrogen-bond donors (Lipinski definition) is 1. The lowest BCUT2D eigenvalue weighted by Gasteiger charge is -2.31. The van der Waals surface area contributed by atoms with Gasteiger partial charge in [-0.05, 0) is 66.2 Å². The molecular formula is C26H26ClN3OS2. The van der Waals surface area contributed by atoms with Crippen LogP contribution >= 0.6 is 23.5 Å². The van der Waals surface area contributed by atoms with E-state index in [0.717, 1.165) is 45.2 Å². The van der Waals surface area contributed by atoms with Gasteiger partial charge in [0.2, 0.25) is 0 Å². The molecule has 7 heteroatoms. The summed E-state index contributed by atoms with van der Waals surface area (Å²) in [6, 6.07) is 22.4. The molecule has 4 aromatic rings. The van der Waals surface area contributed by atoms with E-state index in [0.29, 0.717) is 5.02 Å². The Bertz CT molecular complexity index is 1310. The Hall–Kier alpha value is -2.54. The lowest BCUT2D eigenvalue weighted by molar-refractivity contribution is 0.670. The van der Waals surface area contributed by atoms with Crippen LogP contribution in [-0.4, -0.2) is 21.5 Å². The minimum atomic E-state index is -0.916. The van der Waals surface area contributed by atoms with Gasteiger partial charge in [-0.3, -0.25) is 9.29 Å². The molecule has 0 amide bonds. The van der Waals surface area contributed by atoms with E-state index in [1.165, 1.54) is 22.9 Å². The Labute approximate surface area is 207 Å². The maximum absolute atomic E-state index is 11.8. The Kier molecular flexibility index (Phi) is 7.58. The molecular weight excluding hydrogens is 470 g/mol. The molecule has 2 heterocycles. The molecule has 0 aliphatic carbocycles. The summed E-state index contributed by atoms with van der Waals surface area (Å²) in [4.78, 5) is 5.59. The second-order valence-corrected chi connectivity index (χ2v) is 10.1. The lowest BCUT2D eigenvalue weighted by Crippen LogP contribution is -2.42. The van der Waals surface area contributed by atoms with Gasteiger partial charge in [-0.1, -0.05) is 55.8 Å². The van der Waals surface area contributed by atoms with Crippen molar-refractivity contribution in [3.8, 4) is 11.3 Å². The van der Waals surface area contributed by atoms with Crippen LogP contribution in [-0.2, 0) is 11.0 Å². The highest BCUT2D eigenvalue weighted by Crippen LogP contribution is 2.35. The number of nitrogens with zero attached hydrogens (tertiary/aromatic N) is 2. The SMILES string of the molecule is CC.Cc1ccc(NSc2ccc(N3CCS3=O)cc2Cl)cc1-c1nccc2ccccc12. The molecule has 0 saturated carbocycles. The molecule has 1 unspecified atom stereocenters. The Morgan fingerprint density at radius 2 is 1.88 bits per heavy atom. The number of pyridine rings is 1. The smallest absolute Gasteiger partial charge is 0.121 e. The van der Waals surface area contributed by atoms with Crippen LogP contribution < -0.4 is 9.03 Å². The van der Waals surface area contributed by atoms with Crippen molar-refractivity contribution < 1.29 is 4.21 Å². The van der Waals surface area contributed by atoms with Crippen LogP contribution in [0, 0.1) is 6.92 Å². The molecule has 170 valence electrons. The molecule has 1 aliphatic heterocycles. The van der Waals surface area contributed by atoms with Crippen LogP contribution in [0.1, 0.15) is 19.4 Å². The van der Waals surface area contributed by atoms with E-state index in [9.17, 15) is 4.21 Å². The molecule has 1 atom stereocenters. The summed E-state index contributed by atoms with van der Waals surface area (Å²) in [5.74, 6) is 0.719. The van der Waals surface area contributed by atoms with E-state index in [4.69, 9.17) is 11.6 Å². The summed E-state index contributed by atoms with van der Waals surface area (Å²) in [5.41, 5.74) is 5.13. The second-order valence-electron chi connectivity index (χ2n) is 7.36. The van der Waals surface area contributed by atoms with Gasteiger partial charge in [0.1, 0.15) is 11.0 Å². The van der Waals surface area contributed by atoms with Crippen LogP contribution in [0.2, 0.25) is 5.02 Å². The summed E-state index contributed by atoms with van der Waals surface area (Å²) in [6.45, 7) is 6.91. The lowest BCUT2D eigenvalue weighted by atomic mass is 10.00. The van der Waals surface area contributed by atoms with Crippen molar-refractivity contribution in [1.82, 2.24) is 4.98 Å². The third kappa shape index (κ3) is 5.03. The molecule has 1 aromatic heterocycles. The third-order valence-corrected chi connectivity index (χ3v) is 8.12. The summed E-state index contributed by atoms with van der Waals surface area (Å²) in [6.07, 6.45) is 1.86.